The van der Waals surface area contributed by atoms with Gasteiger partial charge in [-0.15, -0.1) is 11.3 Å². The van der Waals surface area contributed by atoms with Gasteiger partial charge < -0.3 is 5.32 Å². The molecule has 1 fully saturated rings. The maximum absolute atomic E-state index is 12.8. The van der Waals surface area contributed by atoms with Gasteiger partial charge in [-0.1, -0.05) is 11.6 Å². The summed E-state index contributed by atoms with van der Waals surface area (Å²) in [5.41, 5.74) is 0. The van der Waals surface area contributed by atoms with Crippen molar-refractivity contribution in [2.75, 3.05) is 18.4 Å². The first-order valence-corrected chi connectivity index (χ1v) is 10.5. The molecule has 25 heavy (non-hydrogen) atoms. The van der Waals surface area contributed by atoms with E-state index in [2.05, 4.69) is 10.3 Å². The zero-order valence-corrected chi connectivity index (χ0v) is 16.0. The number of hydrogen-bond donors (Lipinski definition) is 1. The number of carbonyl (C=O) groups is 1. The van der Waals surface area contributed by atoms with Crippen molar-refractivity contribution >= 4 is 44.0 Å². The summed E-state index contributed by atoms with van der Waals surface area (Å²) < 4.78 is 26.9. The van der Waals surface area contributed by atoms with E-state index in [1.807, 2.05) is 6.92 Å². The summed E-state index contributed by atoms with van der Waals surface area (Å²) in [4.78, 5) is 17.8. The number of anilines is 1. The van der Waals surface area contributed by atoms with Crippen LogP contribution in [0.15, 0.2) is 35.4 Å². The molecule has 1 atom stereocenters. The molecule has 1 aromatic heterocycles. The van der Waals surface area contributed by atoms with Gasteiger partial charge in [-0.05, 0) is 44.0 Å². The van der Waals surface area contributed by atoms with E-state index < -0.39 is 10.0 Å². The third kappa shape index (κ3) is 4.20. The highest BCUT2D eigenvalue weighted by Gasteiger charge is 2.33. The molecule has 0 bridgehead atoms. The summed E-state index contributed by atoms with van der Waals surface area (Å²) in [6.45, 7) is 2.49. The normalized spacial score (nSPS) is 18.9. The molecule has 1 aliphatic heterocycles. The third-order valence-corrected chi connectivity index (χ3v) is 7.02. The zero-order valence-electron chi connectivity index (χ0n) is 13.6. The van der Waals surface area contributed by atoms with Gasteiger partial charge in [-0.3, -0.25) is 4.79 Å². The standard InChI is InChI=1S/C16H18ClN3O3S2/c1-11-9-18-16(24-11)19-15(21)12-3-2-8-20(10-12)25(22,23)14-6-4-13(17)5-7-14/h4-7,9,12H,2-3,8,10H2,1H3,(H,18,19,21)/t12-/m0/s1. The number of rotatable bonds is 4. The predicted molar refractivity (Wildman–Crippen MR) is 98.4 cm³/mol. The lowest BCUT2D eigenvalue weighted by Crippen LogP contribution is -2.43. The largest absolute Gasteiger partial charge is 0.302 e. The average molecular weight is 400 g/mol. The van der Waals surface area contributed by atoms with Gasteiger partial charge >= 0.3 is 0 Å². The minimum absolute atomic E-state index is 0.168. The molecule has 0 aliphatic carbocycles. The Bertz CT molecular complexity index is 865. The summed E-state index contributed by atoms with van der Waals surface area (Å²) >= 11 is 7.22. The topological polar surface area (TPSA) is 79.4 Å². The van der Waals surface area contributed by atoms with Crippen LogP contribution in [0.3, 0.4) is 0 Å². The van der Waals surface area contributed by atoms with Crippen LogP contribution in [0.4, 0.5) is 5.13 Å². The Hall–Kier alpha value is -1.48. The van der Waals surface area contributed by atoms with Crippen LogP contribution in [0.1, 0.15) is 17.7 Å². The van der Waals surface area contributed by atoms with Gasteiger partial charge in [0.15, 0.2) is 5.13 Å². The second-order valence-corrected chi connectivity index (χ2v) is 9.53. The summed E-state index contributed by atoms with van der Waals surface area (Å²) in [5.74, 6) is -0.578. The van der Waals surface area contributed by atoms with E-state index in [1.165, 1.54) is 27.8 Å². The zero-order chi connectivity index (χ0) is 18.0. The summed E-state index contributed by atoms with van der Waals surface area (Å²) in [5, 5.41) is 3.80. The molecule has 0 radical (unpaired) electrons. The molecule has 9 heteroatoms. The Morgan fingerprint density at radius 2 is 2.08 bits per heavy atom. The minimum Gasteiger partial charge on any atom is -0.302 e. The number of nitrogens with one attached hydrogen (secondary N) is 1. The predicted octanol–water partition coefficient (Wildman–Crippen LogP) is 3.14. The molecule has 0 saturated carbocycles. The van der Waals surface area contributed by atoms with E-state index in [-0.39, 0.29) is 23.3 Å². The second kappa shape index (κ2) is 7.41. The van der Waals surface area contributed by atoms with Crippen LogP contribution in [-0.4, -0.2) is 36.7 Å². The van der Waals surface area contributed by atoms with Crippen molar-refractivity contribution in [2.24, 2.45) is 5.92 Å². The van der Waals surface area contributed by atoms with Crippen LogP contribution in [0.25, 0.3) is 0 Å². The Kier molecular flexibility index (Phi) is 5.43. The number of halogens is 1. The summed E-state index contributed by atoms with van der Waals surface area (Å²) in [6, 6.07) is 6.07. The third-order valence-electron chi connectivity index (χ3n) is 4.06. The first-order chi connectivity index (χ1) is 11.9. The molecule has 134 valence electrons. The molecule has 6 nitrogen and oxygen atoms in total. The Morgan fingerprint density at radius 1 is 1.36 bits per heavy atom. The molecule has 0 spiro atoms. The number of thiazole rings is 1. The Balaban J connectivity index is 1.71. The van der Waals surface area contributed by atoms with E-state index in [0.29, 0.717) is 29.5 Å². The van der Waals surface area contributed by atoms with Gasteiger partial charge in [0, 0.05) is 29.2 Å². The highest BCUT2D eigenvalue weighted by atomic mass is 35.5. The lowest BCUT2D eigenvalue weighted by molar-refractivity contribution is -0.120. The number of piperidine rings is 1. The highest BCUT2D eigenvalue weighted by Crippen LogP contribution is 2.26. The first-order valence-electron chi connectivity index (χ1n) is 7.85. The molecule has 1 aliphatic rings. The number of aromatic nitrogens is 1. The van der Waals surface area contributed by atoms with Crippen LogP contribution in [0, 0.1) is 12.8 Å². The van der Waals surface area contributed by atoms with E-state index in [4.69, 9.17) is 11.6 Å². The first kappa shape index (κ1) is 18.3. The Morgan fingerprint density at radius 3 is 2.72 bits per heavy atom. The van der Waals surface area contributed by atoms with Gasteiger partial charge in [0.05, 0.1) is 10.8 Å². The van der Waals surface area contributed by atoms with Gasteiger partial charge in [-0.2, -0.15) is 4.31 Å². The summed E-state index contributed by atoms with van der Waals surface area (Å²) in [7, 11) is -3.63. The van der Waals surface area contributed by atoms with Crippen molar-refractivity contribution in [3.63, 3.8) is 0 Å². The SMILES string of the molecule is Cc1cnc(NC(=O)[C@H]2CCCN(S(=O)(=O)c3ccc(Cl)cc3)C2)s1. The van der Waals surface area contributed by atoms with E-state index in [1.54, 1.807) is 18.3 Å². The van der Waals surface area contributed by atoms with E-state index in [0.717, 1.165) is 4.88 Å². The smallest absolute Gasteiger partial charge is 0.243 e. The second-order valence-electron chi connectivity index (χ2n) is 5.92. The molecule has 2 heterocycles. The monoisotopic (exact) mass is 399 g/mol. The number of aryl methyl sites for hydroxylation is 1. The highest BCUT2D eigenvalue weighted by molar-refractivity contribution is 7.89. The molecule has 1 amide bonds. The number of carbonyl (C=O) groups excluding carboxylic acids is 1. The van der Waals surface area contributed by atoms with Crippen molar-refractivity contribution < 1.29 is 13.2 Å². The molecular weight excluding hydrogens is 382 g/mol. The van der Waals surface area contributed by atoms with Crippen LogP contribution >= 0.6 is 22.9 Å². The van der Waals surface area contributed by atoms with Crippen molar-refractivity contribution in [3.8, 4) is 0 Å². The lowest BCUT2D eigenvalue weighted by atomic mass is 9.99. The molecular formula is C16H18ClN3O3S2. The fourth-order valence-corrected chi connectivity index (χ4v) is 5.07. The number of benzene rings is 1. The van der Waals surface area contributed by atoms with Crippen LogP contribution in [0.2, 0.25) is 5.02 Å². The average Bonchev–Trinajstić information content (AvgIpc) is 3.00. The fourth-order valence-electron chi connectivity index (χ4n) is 2.75. The minimum atomic E-state index is -3.63. The quantitative estimate of drug-likeness (QED) is 0.856. The van der Waals surface area contributed by atoms with E-state index in [9.17, 15) is 13.2 Å². The van der Waals surface area contributed by atoms with Crippen molar-refractivity contribution in [1.29, 1.82) is 0 Å². The van der Waals surface area contributed by atoms with Crippen LogP contribution in [-0.2, 0) is 14.8 Å². The maximum atomic E-state index is 12.8. The molecule has 1 saturated heterocycles. The molecule has 0 unspecified atom stereocenters. The molecule has 1 N–H and O–H groups in total. The van der Waals surface area contributed by atoms with Gasteiger partial charge in [0.2, 0.25) is 15.9 Å². The van der Waals surface area contributed by atoms with Crippen LogP contribution in [0.5, 0.6) is 0 Å². The summed E-state index contributed by atoms with van der Waals surface area (Å²) in [6.07, 6.45) is 2.99. The number of hydrogen-bond acceptors (Lipinski definition) is 5. The van der Waals surface area contributed by atoms with Gasteiger partial charge in [0.25, 0.3) is 0 Å². The number of amides is 1. The van der Waals surface area contributed by atoms with Crippen molar-refractivity contribution in [1.82, 2.24) is 9.29 Å². The van der Waals surface area contributed by atoms with Crippen LogP contribution < -0.4 is 5.32 Å². The number of sulfonamides is 1. The van der Waals surface area contributed by atoms with Gasteiger partial charge in [-0.25, -0.2) is 13.4 Å². The Labute approximate surface area is 155 Å². The molecule has 2 aromatic rings. The fraction of sp³-hybridized carbons (Fsp3) is 0.375. The van der Waals surface area contributed by atoms with Gasteiger partial charge in [0.1, 0.15) is 0 Å². The van der Waals surface area contributed by atoms with Crippen molar-refractivity contribution in [2.45, 2.75) is 24.7 Å². The number of nitrogens with zero attached hydrogens (tertiary/aromatic N) is 2. The van der Waals surface area contributed by atoms with E-state index >= 15 is 0 Å². The molecule has 1 aromatic carbocycles. The van der Waals surface area contributed by atoms with Crippen molar-refractivity contribution in [3.05, 3.63) is 40.4 Å². The molecule has 3 rings (SSSR count). The maximum Gasteiger partial charge on any atom is 0.243 e. The lowest BCUT2D eigenvalue weighted by Gasteiger charge is -2.31.